The molecule has 1 aliphatic rings. The number of Topliss-reactive ketones (excluding diaryl/α,β-unsaturated/α-hetero) is 1. The number of ketones is 1. The number of hydrogen-bond donors (Lipinski definition) is 1. The van der Waals surface area contributed by atoms with Crippen LogP contribution in [0.25, 0.3) is 12.2 Å². The fraction of sp³-hybridized carbons (Fsp3) is 0.250. The zero-order chi connectivity index (χ0) is 14.8. The van der Waals surface area contributed by atoms with Crippen molar-refractivity contribution < 1.29 is 9.53 Å². The van der Waals surface area contributed by atoms with Crippen molar-refractivity contribution in [3.8, 4) is 5.75 Å². The normalized spacial score (nSPS) is 16.2. The summed E-state index contributed by atoms with van der Waals surface area (Å²) in [5.41, 5.74) is 0.758. The average molecular weight is 301 g/mol. The Kier molecular flexibility index (Phi) is 3.75. The minimum absolute atomic E-state index is 0.114. The van der Waals surface area contributed by atoms with E-state index < -0.39 is 0 Å². The second-order valence-corrected chi connectivity index (χ2v) is 6.11. The molecule has 0 aliphatic heterocycles. The second-order valence-electron chi connectivity index (χ2n) is 5.02. The van der Waals surface area contributed by atoms with E-state index in [-0.39, 0.29) is 17.3 Å². The van der Waals surface area contributed by atoms with E-state index in [1.54, 1.807) is 13.2 Å². The molecule has 1 N–H and O–H groups in total. The zero-order valence-electron chi connectivity index (χ0n) is 11.6. The van der Waals surface area contributed by atoms with Crippen molar-refractivity contribution in [2.75, 3.05) is 7.11 Å². The van der Waals surface area contributed by atoms with Crippen molar-refractivity contribution in [3.05, 3.63) is 49.4 Å². The Labute approximate surface area is 125 Å². The molecule has 4 nitrogen and oxygen atoms in total. The van der Waals surface area contributed by atoms with Crippen LogP contribution in [0.15, 0.2) is 29.1 Å². The number of aromatic nitrogens is 1. The minimum atomic E-state index is -0.161. The van der Waals surface area contributed by atoms with Crippen molar-refractivity contribution in [2.45, 2.75) is 12.8 Å². The summed E-state index contributed by atoms with van der Waals surface area (Å²) >= 11 is 1.31. The van der Waals surface area contributed by atoms with E-state index in [9.17, 15) is 9.59 Å². The second kappa shape index (κ2) is 5.69. The van der Waals surface area contributed by atoms with E-state index in [1.807, 2.05) is 30.3 Å². The van der Waals surface area contributed by atoms with Gasteiger partial charge in [-0.2, -0.15) is 0 Å². The van der Waals surface area contributed by atoms with Gasteiger partial charge in [0, 0.05) is 12.0 Å². The molecule has 1 aromatic heterocycles. The van der Waals surface area contributed by atoms with Crippen molar-refractivity contribution in [1.82, 2.24) is 4.98 Å². The van der Waals surface area contributed by atoms with Gasteiger partial charge in [-0.05, 0) is 36.6 Å². The average Bonchev–Trinajstić information content (AvgIpc) is 3.27. The van der Waals surface area contributed by atoms with Gasteiger partial charge < -0.3 is 9.72 Å². The van der Waals surface area contributed by atoms with Crippen LogP contribution in [0.5, 0.6) is 5.75 Å². The van der Waals surface area contributed by atoms with Crippen molar-refractivity contribution >= 4 is 29.3 Å². The molecule has 0 unspecified atom stereocenters. The highest BCUT2D eigenvalue weighted by Gasteiger charge is 2.27. The lowest BCUT2D eigenvalue weighted by Crippen LogP contribution is -2.20. The molecular formula is C16H15NO3S. The summed E-state index contributed by atoms with van der Waals surface area (Å²) in [6, 6.07) is 7.46. The fourth-order valence-electron chi connectivity index (χ4n) is 1.99. The number of rotatable bonds is 4. The maximum atomic E-state index is 11.9. The number of carbonyl (C=O) groups is 1. The third-order valence-electron chi connectivity index (χ3n) is 3.35. The third kappa shape index (κ3) is 3.31. The smallest absolute Gasteiger partial charge is 0.266 e. The summed E-state index contributed by atoms with van der Waals surface area (Å²) in [4.78, 5) is 26.4. The van der Waals surface area contributed by atoms with Crippen LogP contribution in [0.1, 0.15) is 18.4 Å². The highest BCUT2D eigenvalue weighted by atomic mass is 32.1. The first-order valence-corrected chi connectivity index (χ1v) is 7.58. The Morgan fingerprint density at radius 3 is 2.67 bits per heavy atom. The topological polar surface area (TPSA) is 59.2 Å². The highest BCUT2D eigenvalue weighted by molar-refractivity contribution is 7.07. The van der Waals surface area contributed by atoms with Crippen LogP contribution >= 0.6 is 11.3 Å². The molecule has 0 saturated heterocycles. The number of ether oxygens (including phenoxy) is 1. The largest absolute Gasteiger partial charge is 0.497 e. The van der Waals surface area contributed by atoms with E-state index >= 15 is 0 Å². The van der Waals surface area contributed by atoms with Crippen molar-refractivity contribution in [2.24, 2.45) is 5.92 Å². The van der Waals surface area contributed by atoms with Crippen LogP contribution in [0.3, 0.4) is 0 Å². The molecule has 5 heteroatoms. The first-order chi connectivity index (χ1) is 10.2. The van der Waals surface area contributed by atoms with Gasteiger partial charge in [-0.15, -0.1) is 11.3 Å². The standard InChI is InChI=1S/C16H15NO3S/c1-20-12-6-2-10(3-7-12)8-14-16(19)17-15(21-14)9-13(18)11-4-5-11/h2-3,6-9,11H,4-5H2,1H3,(H,17,19)/b14-8-,15-9-. The molecule has 1 aromatic carbocycles. The predicted octanol–water partition coefficient (Wildman–Crippen LogP) is 1.03. The first kappa shape index (κ1) is 13.8. The number of benzene rings is 1. The summed E-state index contributed by atoms with van der Waals surface area (Å²) in [7, 11) is 1.61. The first-order valence-electron chi connectivity index (χ1n) is 6.76. The summed E-state index contributed by atoms with van der Waals surface area (Å²) < 4.78 is 6.31. The lowest BCUT2D eigenvalue weighted by atomic mass is 10.2. The molecule has 1 heterocycles. The van der Waals surface area contributed by atoms with Gasteiger partial charge in [0.2, 0.25) is 0 Å². The zero-order valence-corrected chi connectivity index (χ0v) is 12.4. The Bertz CT molecular complexity index is 826. The van der Waals surface area contributed by atoms with Crippen LogP contribution in [0, 0.1) is 5.92 Å². The van der Waals surface area contributed by atoms with Gasteiger partial charge in [0.15, 0.2) is 5.78 Å². The van der Waals surface area contributed by atoms with Gasteiger partial charge in [0.1, 0.15) is 5.75 Å². The van der Waals surface area contributed by atoms with Crippen molar-refractivity contribution in [1.29, 1.82) is 0 Å². The number of nitrogens with one attached hydrogen (secondary N) is 1. The number of H-pyrrole nitrogens is 1. The number of carbonyl (C=O) groups excluding carboxylic acids is 1. The van der Waals surface area contributed by atoms with Crippen molar-refractivity contribution in [3.63, 3.8) is 0 Å². The summed E-state index contributed by atoms with van der Waals surface area (Å²) in [6.07, 6.45) is 5.29. The van der Waals surface area contributed by atoms with Gasteiger partial charge in [-0.1, -0.05) is 12.1 Å². The third-order valence-corrected chi connectivity index (χ3v) is 4.31. The maximum Gasteiger partial charge on any atom is 0.266 e. The molecule has 0 amide bonds. The number of thiazole rings is 1. The summed E-state index contributed by atoms with van der Waals surface area (Å²) in [5.74, 6) is 1.06. The molecule has 0 spiro atoms. The Hall–Kier alpha value is -2.14. The summed E-state index contributed by atoms with van der Waals surface area (Å²) in [6.45, 7) is 0. The van der Waals surface area contributed by atoms with Gasteiger partial charge in [0.05, 0.1) is 16.3 Å². The van der Waals surface area contributed by atoms with Crippen LogP contribution in [0.2, 0.25) is 0 Å². The molecule has 1 fully saturated rings. The maximum absolute atomic E-state index is 11.9. The van der Waals surface area contributed by atoms with E-state index in [0.29, 0.717) is 9.20 Å². The fourth-order valence-corrected chi connectivity index (χ4v) is 2.89. The van der Waals surface area contributed by atoms with Gasteiger partial charge in [0.25, 0.3) is 5.56 Å². The summed E-state index contributed by atoms with van der Waals surface area (Å²) in [5, 5.41) is 0. The molecule has 0 radical (unpaired) electrons. The van der Waals surface area contributed by atoms with Crippen LogP contribution < -0.4 is 19.5 Å². The molecule has 0 atom stereocenters. The highest BCUT2D eigenvalue weighted by Crippen LogP contribution is 2.30. The number of aromatic amines is 1. The lowest BCUT2D eigenvalue weighted by molar-refractivity contribution is -0.114. The molecular weight excluding hydrogens is 286 g/mol. The van der Waals surface area contributed by atoms with E-state index in [2.05, 4.69) is 4.98 Å². The van der Waals surface area contributed by atoms with Crippen LogP contribution in [-0.4, -0.2) is 17.9 Å². The Morgan fingerprint density at radius 1 is 1.33 bits per heavy atom. The van der Waals surface area contributed by atoms with E-state index in [1.165, 1.54) is 11.3 Å². The van der Waals surface area contributed by atoms with Gasteiger partial charge in [-0.3, -0.25) is 9.59 Å². The molecule has 2 aromatic rings. The predicted molar refractivity (Wildman–Crippen MR) is 82.9 cm³/mol. The van der Waals surface area contributed by atoms with Gasteiger partial charge in [-0.25, -0.2) is 0 Å². The Morgan fingerprint density at radius 2 is 2.05 bits per heavy atom. The quantitative estimate of drug-likeness (QED) is 0.918. The Balaban J connectivity index is 1.94. The van der Waals surface area contributed by atoms with E-state index in [4.69, 9.17) is 4.74 Å². The molecule has 3 rings (SSSR count). The van der Waals surface area contributed by atoms with Crippen LogP contribution in [0.4, 0.5) is 0 Å². The number of methoxy groups -OCH3 is 1. The molecule has 21 heavy (non-hydrogen) atoms. The SMILES string of the molecule is COc1ccc(/C=c2\s/c(=C\C(=O)C3CC3)[nH]c2=O)cc1. The monoisotopic (exact) mass is 301 g/mol. The molecule has 1 saturated carbocycles. The minimum Gasteiger partial charge on any atom is -0.497 e. The lowest BCUT2D eigenvalue weighted by Gasteiger charge is -1.98. The van der Waals surface area contributed by atoms with Crippen LogP contribution in [-0.2, 0) is 4.79 Å². The molecule has 0 bridgehead atoms. The molecule has 1 aliphatic carbocycles. The van der Waals surface area contributed by atoms with Gasteiger partial charge >= 0.3 is 0 Å². The van der Waals surface area contributed by atoms with E-state index in [0.717, 1.165) is 24.2 Å². The number of hydrogen-bond acceptors (Lipinski definition) is 4. The molecule has 108 valence electrons.